The van der Waals surface area contributed by atoms with Crippen molar-refractivity contribution in [2.45, 2.75) is 6.54 Å². The number of carbonyl (C=O) groups is 2. The Balaban J connectivity index is 2.26. The number of pyridine rings is 1. The molecule has 0 aromatic carbocycles. The first-order valence-corrected chi connectivity index (χ1v) is 4.48. The van der Waals surface area contributed by atoms with Gasteiger partial charge in [-0.25, -0.2) is 14.2 Å². The van der Waals surface area contributed by atoms with Crippen LogP contribution in [0.2, 0.25) is 0 Å². The minimum atomic E-state index is -1.12. The fourth-order valence-corrected chi connectivity index (χ4v) is 1.46. The Morgan fingerprint density at radius 2 is 2.44 bits per heavy atom. The molecule has 1 aliphatic heterocycles. The summed E-state index contributed by atoms with van der Waals surface area (Å²) in [5.41, 5.74) is 0.459. The van der Waals surface area contributed by atoms with Crippen LogP contribution in [0.1, 0.15) is 5.56 Å². The molecule has 84 valence electrons. The number of fused-ring (bicyclic) bond motifs is 1. The molecular formula is C9H8FN3O3. The van der Waals surface area contributed by atoms with Gasteiger partial charge in [-0.1, -0.05) is 0 Å². The van der Waals surface area contributed by atoms with Gasteiger partial charge in [0.25, 0.3) is 0 Å². The van der Waals surface area contributed by atoms with E-state index in [2.05, 4.69) is 10.3 Å². The summed E-state index contributed by atoms with van der Waals surface area (Å²) in [7, 11) is 0. The van der Waals surface area contributed by atoms with E-state index in [0.717, 1.165) is 11.1 Å². The van der Waals surface area contributed by atoms with Crippen molar-refractivity contribution in [1.82, 2.24) is 9.88 Å². The van der Waals surface area contributed by atoms with Gasteiger partial charge in [-0.05, 0) is 6.07 Å². The van der Waals surface area contributed by atoms with Crippen LogP contribution in [0.3, 0.4) is 0 Å². The molecule has 2 N–H and O–H groups in total. The Bertz CT molecular complexity index is 463. The number of rotatable bonds is 2. The van der Waals surface area contributed by atoms with Crippen molar-refractivity contribution >= 4 is 17.8 Å². The van der Waals surface area contributed by atoms with E-state index in [4.69, 9.17) is 5.11 Å². The number of carboxylic acids is 1. The number of urea groups is 1. The van der Waals surface area contributed by atoms with Gasteiger partial charge < -0.3 is 10.0 Å². The van der Waals surface area contributed by atoms with Gasteiger partial charge in [-0.3, -0.25) is 10.1 Å². The zero-order valence-electron chi connectivity index (χ0n) is 8.11. The summed E-state index contributed by atoms with van der Waals surface area (Å²) in [5, 5.41) is 11.0. The molecule has 16 heavy (non-hydrogen) atoms. The summed E-state index contributed by atoms with van der Waals surface area (Å²) in [6.45, 7) is -0.389. The van der Waals surface area contributed by atoms with E-state index in [0.29, 0.717) is 5.56 Å². The summed E-state index contributed by atoms with van der Waals surface area (Å²) in [6.07, 6.45) is 0.992. The van der Waals surface area contributed by atoms with Crippen LogP contribution < -0.4 is 5.32 Å². The molecule has 0 radical (unpaired) electrons. The van der Waals surface area contributed by atoms with Gasteiger partial charge >= 0.3 is 12.0 Å². The molecule has 0 saturated heterocycles. The molecule has 0 bridgehead atoms. The lowest BCUT2D eigenvalue weighted by Gasteiger charge is -2.27. The van der Waals surface area contributed by atoms with Gasteiger partial charge in [0.2, 0.25) is 0 Å². The Morgan fingerprint density at radius 3 is 3.12 bits per heavy atom. The van der Waals surface area contributed by atoms with Crippen LogP contribution in [0, 0.1) is 5.82 Å². The zero-order valence-corrected chi connectivity index (χ0v) is 8.11. The van der Waals surface area contributed by atoms with Gasteiger partial charge in [0.1, 0.15) is 18.2 Å². The third-order valence-electron chi connectivity index (χ3n) is 2.13. The standard InChI is InChI=1S/C9H8FN3O3/c10-6-1-5-3-13(4-7(14)15)9(16)12-8(5)11-2-6/h1-2H,3-4H2,(H,14,15)(H,11,12,16). The second kappa shape index (κ2) is 3.76. The van der Waals surface area contributed by atoms with E-state index < -0.39 is 24.4 Å². The van der Waals surface area contributed by atoms with Crippen LogP contribution in [0.4, 0.5) is 15.0 Å². The summed E-state index contributed by atoms with van der Waals surface area (Å²) in [6, 6.07) is 0.672. The minimum absolute atomic E-state index is 0.0399. The number of anilines is 1. The van der Waals surface area contributed by atoms with Gasteiger partial charge in [-0.2, -0.15) is 0 Å². The molecule has 1 aromatic heterocycles. The third kappa shape index (κ3) is 1.92. The largest absolute Gasteiger partial charge is 0.480 e. The summed E-state index contributed by atoms with van der Waals surface area (Å²) < 4.78 is 12.9. The van der Waals surface area contributed by atoms with Crippen molar-refractivity contribution in [3.05, 3.63) is 23.6 Å². The fourth-order valence-electron chi connectivity index (χ4n) is 1.46. The van der Waals surface area contributed by atoms with Crippen LogP contribution >= 0.6 is 0 Å². The molecule has 6 nitrogen and oxygen atoms in total. The predicted molar refractivity (Wildman–Crippen MR) is 51.3 cm³/mol. The normalized spacial score (nSPS) is 14.3. The first kappa shape index (κ1) is 10.3. The molecule has 2 heterocycles. The van der Waals surface area contributed by atoms with Crippen molar-refractivity contribution in [3.63, 3.8) is 0 Å². The second-order valence-electron chi connectivity index (χ2n) is 3.34. The Hall–Kier alpha value is -2.18. The molecule has 2 rings (SSSR count). The van der Waals surface area contributed by atoms with E-state index in [-0.39, 0.29) is 12.4 Å². The number of hydrogen-bond acceptors (Lipinski definition) is 3. The maximum atomic E-state index is 12.9. The first-order valence-electron chi connectivity index (χ1n) is 4.48. The highest BCUT2D eigenvalue weighted by atomic mass is 19.1. The maximum Gasteiger partial charge on any atom is 0.323 e. The van der Waals surface area contributed by atoms with Gasteiger partial charge in [0, 0.05) is 5.56 Å². The molecular weight excluding hydrogens is 217 g/mol. The number of nitrogens with one attached hydrogen (secondary N) is 1. The highest BCUT2D eigenvalue weighted by Gasteiger charge is 2.25. The Kier molecular flexibility index (Phi) is 2.43. The number of aliphatic carboxylic acids is 1. The Morgan fingerprint density at radius 1 is 1.69 bits per heavy atom. The van der Waals surface area contributed by atoms with E-state index >= 15 is 0 Å². The van der Waals surface area contributed by atoms with Crippen LogP contribution in [-0.2, 0) is 11.3 Å². The predicted octanol–water partition coefficient (Wildman–Crippen LogP) is 0.653. The number of nitrogens with zero attached hydrogens (tertiary/aromatic N) is 2. The van der Waals surface area contributed by atoms with E-state index in [1.54, 1.807) is 0 Å². The van der Waals surface area contributed by atoms with Gasteiger partial charge in [0.15, 0.2) is 0 Å². The van der Waals surface area contributed by atoms with Crippen molar-refractivity contribution in [3.8, 4) is 0 Å². The lowest BCUT2D eigenvalue weighted by atomic mass is 10.2. The first-order chi connectivity index (χ1) is 7.56. The maximum absolute atomic E-state index is 12.9. The second-order valence-corrected chi connectivity index (χ2v) is 3.34. The smallest absolute Gasteiger partial charge is 0.323 e. The van der Waals surface area contributed by atoms with Crippen LogP contribution in [0.5, 0.6) is 0 Å². The monoisotopic (exact) mass is 225 g/mol. The Labute approximate surface area is 89.7 Å². The number of carboxylic acid groups (broad SMARTS) is 1. The van der Waals surface area contributed by atoms with Crippen molar-refractivity contribution < 1.29 is 19.1 Å². The van der Waals surface area contributed by atoms with Gasteiger partial charge in [0.05, 0.1) is 12.7 Å². The molecule has 0 fully saturated rings. The average molecular weight is 225 g/mol. The van der Waals surface area contributed by atoms with Crippen molar-refractivity contribution in [2.75, 3.05) is 11.9 Å². The van der Waals surface area contributed by atoms with Crippen LogP contribution in [-0.4, -0.2) is 33.5 Å². The molecule has 0 aliphatic carbocycles. The van der Waals surface area contributed by atoms with Crippen LogP contribution in [0.25, 0.3) is 0 Å². The highest BCUT2D eigenvalue weighted by Crippen LogP contribution is 2.21. The zero-order chi connectivity index (χ0) is 11.7. The van der Waals surface area contributed by atoms with E-state index in [1.807, 2.05) is 0 Å². The lowest BCUT2D eigenvalue weighted by Crippen LogP contribution is -2.41. The molecule has 0 spiro atoms. The molecule has 0 unspecified atom stereocenters. The SMILES string of the molecule is O=C(O)CN1Cc2cc(F)cnc2NC1=O. The number of carbonyl (C=O) groups excluding carboxylic acids is 1. The minimum Gasteiger partial charge on any atom is -0.480 e. The molecule has 0 atom stereocenters. The highest BCUT2D eigenvalue weighted by molar-refractivity contribution is 5.92. The average Bonchev–Trinajstić information content (AvgIpc) is 2.19. The molecule has 0 saturated carbocycles. The lowest BCUT2D eigenvalue weighted by molar-refractivity contribution is -0.137. The molecule has 7 heteroatoms. The molecule has 1 aromatic rings. The number of halogens is 1. The third-order valence-corrected chi connectivity index (χ3v) is 2.13. The van der Waals surface area contributed by atoms with E-state index in [9.17, 15) is 14.0 Å². The summed E-state index contributed by atoms with van der Waals surface area (Å²) in [5.74, 6) is -1.37. The summed E-state index contributed by atoms with van der Waals surface area (Å²) in [4.78, 5) is 26.6. The quantitative estimate of drug-likeness (QED) is 0.774. The molecule has 1 aliphatic rings. The fraction of sp³-hybridized carbons (Fsp3) is 0.222. The van der Waals surface area contributed by atoms with Gasteiger partial charge in [-0.15, -0.1) is 0 Å². The number of amides is 2. The van der Waals surface area contributed by atoms with E-state index in [1.165, 1.54) is 6.07 Å². The molecule has 2 amide bonds. The van der Waals surface area contributed by atoms with Crippen LogP contribution in [0.15, 0.2) is 12.3 Å². The number of aromatic nitrogens is 1. The van der Waals surface area contributed by atoms with Crippen molar-refractivity contribution in [2.24, 2.45) is 0 Å². The summed E-state index contributed by atoms with van der Waals surface area (Å²) >= 11 is 0. The van der Waals surface area contributed by atoms with Crippen molar-refractivity contribution in [1.29, 1.82) is 0 Å². The number of hydrogen-bond donors (Lipinski definition) is 2. The topological polar surface area (TPSA) is 82.5 Å².